The second-order valence-electron chi connectivity index (χ2n) is 13.1. The van der Waals surface area contributed by atoms with Crippen LogP contribution in [0.1, 0.15) is 63.6 Å². The van der Waals surface area contributed by atoms with Crippen molar-refractivity contribution >= 4 is 34.7 Å². The summed E-state index contributed by atoms with van der Waals surface area (Å²) in [6, 6.07) is 10.0. The van der Waals surface area contributed by atoms with E-state index in [1.54, 1.807) is 0 Å². The Labute approximate surface area is 244 Å². The van der Waals surface area contributed by atoms with Crippen LogP contribution in [-0.2, 0) is 17.8 Å². The number of rotatable bonds is 6. The van der Waals surface area contributed by atoms with Crippen molar-refractivity contribution in [2.75, 3.05) is 5.75 Å². The number of nitrogens with one attached hydrogen (secondary N) is 1. The van der Waals surface area contributed by atoms with E-state index in [1.807, 2.05) is 35.1 Å². The number of aryl methyl sites for hydroxylation is 1. The number of fused-ring (bicyclic) bond motifs is 7. The van der Waals surface area contributed by atoms with E-state index in [1.165, 1.54) is 22.9 Å². The van der Waals surface area contributed by atoms with Gasteiger partial charge in [-0.25, -0.2) is 4.98 Å². The normalized spacial score (nSPS) is 35.6. The van der Waals surface area contributed by atoms with Crippen LogP contribution in [0.4, 0.5) is 0 Å². The zero-order chi connectivity index (χ0) is 28.6. The molecule has 3 saturated carbocycles. The van der Waals surface area contributed by atoms with Crippen LogP contribution in [0.3, 0.4) is 0 Å². The molecule has 7 unspecified atom stereocenters. The van der Waals surface area contributed by atoms with Crippen molar-refractivity contribution in [2.45, 2.75) is 82.2 Å². The molecule has 7 atom stereocenters. The van der Waals surface area contributed by atoms with E-state index in [-0.39, 0.29) is 34.7 Å². The molecule has 2 aromatic heterocycles. The topological polar surface area (TPSA) is 128 Å². The van der Waals surface area contributed by atoms with Crippen molar-refractivity contribution in [3.8, 4) is 6.07 Å². The highest BCUT2D eigenvalue weighted by Crippen LogP contribution is 2.67. The highest BCUT2D eigenvalue weighted by molar-refractivity contribution is 7.99. The third-order valence-electron chi connectivity index (χ3n) is 11.3. The van der Waals surface area contributed by atoms with Gasteiger partial charge in [-0.3, -0.25) is 9.48 Å². The lowest BCUT2D eigenvalue weighted by molar-refractivity contribution is -0.177. The van der Waals surface area contributed by atoms with Gasteiger partial charge >= 0.3 is 0 Å². The number of carbonyl (C=O) groups is 1. The van der Waals surface area contributed by atoms with Crippen LogP contribution in [0.5, 0.6) is 0 Å². The smallest absolute Gasteiger partial charge is 0.175 e. The first-order valence-electron chi connectivity index (χ1n) is 14.8. The van der Waals surface area contributed by atoms with Crippen LogP contribution >= 0.6 is 11.8 Å². The summed E-state index contributed by atoms with van der Waals surface area (Å²) in [5, 5.41) is 38.3. The second-order valence-corrected chi connectivity index (χ2v) is 14.1. The standard InChI is InChI=1S/C32H37N5O3S/c1-30-15-19-17-34-37(13-5-12-33)25(19)14-20(30)8-9-21-22-10-11-32(40,31(22,2)16-26(38)28(21)30)27(39)18-41-29-35-23-6-3-4-7-24(23)36-29/h3-4,6-7,14,17,21-22,26,28,38,40H,5,8-11,13,15-16,18H2,1-2H3,(H,35,36). The fourth-order valence-corrected chi connectivity index (χ4v) is 10.1. The molecule has 4 aliphatic rings. The second kappa shape index (κ2) is 9.55. The summed E-state index contributed by atoms with van der Waals surface area (Å²) >= 11 is 1.34. The predicted octanol–water partition coefficient (Wildman–Crippen LogP) is 4.92. The number of H-pyrrole nitrogens is 1. The number of aliphatic hydroxyl groups excluding tert-OH is 1. The zero-order valence-corrected chi connectivity index (χ0v) is 24.5. The number of imidazole rings is 1. The number of Topliss-reactive ketones (excluding diaryl/α,β-unsaturated/α-hetero) is 1. The van der Waals surface area contributed by atoms with Crippen LogP contribution in [0.25, 0.3) is 17.1 Å². The maximum atomic E-state index is 13.8. The summed E-state index contributed by atoms with van der Waals surface area (Å²) in [6.07, 6.45) is 8.39. The molecule has 1 aromatic carbocycles. The molecule has 8 nitrogen and oxygen atoms in total. The van der Waals surface area contributed by atoms with Crippen LogP contribution in [0.2, 0.25) is 0 Å². The molecule has 0 saturated heterocycles. The number of thioether (sulfide) groups is 1. The Morgan fingerprint density at radius 2 is 2.12 bits per heavy atom. The lowest BCUT2D eigenvalue weighted by atomic mass is 9.45. The van der Waals surface area contributed by atoms with E-state index in [2.05, 4.69) is 41.1 Å². The molecule has 214 valence electrons. The molecule has 0 bridgehead atoms. The van der Waals surface area contributed by atoms with Gasteiger partial charge in [-0.1, -0.05) is 43.3 Å². The molecule has 0 radical (unpaired) electrons. The van der Waals surface area contributed by atoms with E-state index in [0.717, 1.165) is 42.4 Å². The average molecular weight is 572 g/mol. The third-order valence-corrected chi connectivity index (χ3v) is 12.1. The summed E-state index contributed by atoms with van der Waals surface area (Å²) < 4.78 is 1.94. The maximum absolute atomic E-state index is 13.8. The molecule has 7 rings (SSSR count). The van der Waals surface area contributed by atoms with Gasteiger partial charge in [-0.2, -0.15) is 10.4 Å². The van der Waals surface area contributed by atoms with Crippen LogP contribution in [0.15, 0.2) is 41.2 Å². The number of aliphatic hydroxyl groups is 2. The predicted molar refractivity (Wildman–Crippen MR) is 157 cm³/mol. The Kier molecular flexibility index (Phi) is 6.27. The molecule has 3 fully saturated rings. The van der Waals surface area contributed by atoms with Crippen LogP contribution < -0.4 is 0 Å². The highest BCUT2D eigenvalue weighted by Gasteiger charge is 2.68. The summed E-state index contributed by atoms with van der Waals surface area (Å²) in [7, 11) is 0. The van der Waals surface area contributed by atoms with Crippen molar-refractivity contribution in [1.29, 1.82) is 5.26 Å². The number of aromatic nitrogens is 4. The fraction of sp³-hybridized carbons (Fsp3) is 0.562. The molecule has 0 aliphatic heterocycles. The zero-order valence-electron chi connectivity index (χ0n) is 23.6. The number of ketones is 1. The summed E-state index contributed by atoms with van der Waals surface area (Å²) in [4.78, 5) is 21.6. The number of para-hydroxylation sites is 2. The molecular formula is C32H37N5O3S. The lowest BCUT2D eigenvalue weighted by Crippen LogP contribution is -2.62. The van der Waals surface area contributed by atoms with Crippen molar-refractivity contribution in [3.05, 3.63) is 47.3 Å². The van der Waals surface area contributed by atoms with Crippen molar-refractivity contribution in [1.82, 2.24) is 19.7 Å². The van der Waals surface area contributed by atoms with Gasteiger partial charge in [0.1, 0.15) is 5.60 Å². The summed E-state index contributed by atoms with van der Waals surface area (Å²) in [5.74, 6) is 0.475. The largest absolute Gasteiger partial charge is 0.393 e. The SMILES string of the molecule is CC12Cc3cnn(CCC#N)c3C=C1CCC1C2C(O)CC2(C)C1CCC2(O)C(=O)CSc1nc2ccccc2[nH]1. The Bertz CT molecular complexity index is 1570. The van der Waals surface area contributed by atoms with Crippen molar-refractivity contribution in [2.24, 2.45) is 28.6 Å². The maximum Gasteiger partial charge on any atom is 0.175 e. The molecule has 2 heterocycles. The average Bonchev–Trinajstić information content (AvgIpc) is 3.62. The van der Waals surface area contributed by atoms with Gasteiger partial charge in [0.25, 0.3) is 0 Å². The molecule has 3 N–H and O–H groups in total. The Balaban J connectivity index is 1.13. The minimum Gasteiger partial charge on any atom is -0.393 e. The molecule has 4 aliphatic carbocycles. The number of hydrogen-bond donors (Lipinski definition) is 3. The number of nitriles is 1. The van der Waals surface area contributed by atoms with E-state index in [9.17, 15) is 15.0 Å². The Morgan fingerprint density at radius 3 is 2.93 bits per heavy atom. The molecular weight excluding hydrogens is 534 g/mol. The molecule has 9 heteroatoms. The first-order chi connectivity index (χ1) is 19.7. The van der Waals surface area contributed by atoms with Crippen molar-refractivity contribution < 1.29 is 15.0 Å². The molecule has 41 heavy (non-hydrogen) atoms. The first kappa shape index (κ1) is 26.9. The van der Waals surface area contributed by atoms with Gasteiger partial charge in [-0.05, 0) is 85.5 Å². The fourth-order valence-electron chi connectivity index (χ4n) is 9.29. The number of carbonyl (C=O) groups excluding carboxylic acids is 1. The highest BCUT2D eigenvalue weighted by atomic mass is 32.2. The van der Waals surface area contributed by atoms with Gasteiger partial charge in [0, 0.05) is 5.41 Å². The number of aromatic amines is 1. The number of nitrogens with zero attached hydrogens (tertiary/aromatic N) is 4. The molecule has 3 aromatic rings. The number of hydrogen-bond acceptors (Lipinski definition) is 7. The van der Waals surface area contributed by atoms with E-state index in [4.69, 9.17) is 5.26 Å². The number of allylic oxidation sites excluding steroid dienone is 1. The van der Waals surface area contributed by atoms with E-state index >= 15 is 0 Å². The van der Waals surface area contributed by atoms with Crippen LogP contribution in [0, 0.1) is 39.9 Å². The molecule has 0 amide bonds. The van der Waals surface area contributed by atoms with Gasteiger partial charge in [0.2, 0.25) is 0 Å². The number of benzene rings is 1. The first-order valence-corrected chi connectivity index (χ1v) is 15.8. The van der Waals surface area contributed by atoms with Gasteiger partial charge in [-0.15, -0.1) is 0 Å². The Morgan fingerprint density at radius 1 is 1.29 bits per heavy atom. The monoisotopic (exact) mass is 571 g/mol. The lowest BCUT2D eigenvalue weighted by Gasteiger charge is -2.60. The van der Waals surface area contributed by atoms with Gasteiger partial charge in [0.05, 0.1) is 53.8 Å². The molecule has 0 spiro atoms. The van der Waals surface area contributed by atoms with Crippen molar-refractivity contribution in [3.63, 3.8) is 0 Å². The van der Waals surface area contributed by atoms with E-state index in [0.29, 0.717) is 31.0 Å². The minimum atomic E-state index is -1.46. The Hall–Kier alpha value is -2.93. The summed E-state index contributed by atoms with van der Waals surface area (Å²) in [6.45, 7) is 4.94. The van der Waals surface area contributed by atoms with Gasteiger partial charge in [0.15, 0.2) is 10.9 Å². The van der Waals surface area contributed by atoms with Gasteiger partial charge < -0.3 is 15.2 Å². The van der Waals surface area contributed by atoms with Crippen LogP contribution in [-0.4, -0.2) is 53.2 Å². The van der Waals surface area contributed by atoms with E-state index < -0.39 is 17.1 Å². The quantitative estimate of drug-likeness (QED) is 0.358. The minimum absolute atomic E-state index is 0.0681. The third kappa shape index (κ3) is 3.90. The summed E-state index contributed by atoms with van der Waals surface area (Å²) in [5.41, 5.74) is 3.11.